The van der Waals surface area contributed by atoms with E-state index in [0.29, 0.717) is 18.8 Å². The van der Waals surface area contributed by atoms with E-state index in [2.05, 4.69) is 12.2 Å². The molecule has 0 aliphatic carbocycles. The molecule has 11 heteroatoms. The molecule has 0 amide bonds. The van der Waals surface area contributed by atoms with Crippen molar-refractivity contribution in [2.75, 3.05) is 30.5 Å². The number of nitrogens with one attached hydrogen (secondary N) is 1. The van der Waals surface area contributed by atoms with E-state index in [1.165, 1.54) is 0 Å². The molecule has 3 atom stereocenters. The van der Waals surface area contributed by atoms with Gasteiger partial charge in [-0.15, -0.1) is 0 Å². The predicted octanol–water partition coefficient (Wildman–Crippen LogP) is 8.26. The van der Waals surface area contributed by atoms with Crippen LogP contribution in [0.3, 0.4) is 0 Å². The quantitative estimate of drug-likeness (QED) is 0.121. The maximum absolute atomic E-state index is 13.2. The van der Waals surface area contributed by atoms with E-state index < -0.39 is 35.7 Å². The fourth-order valence-electron chi connectivity index (χ4n) is 6.06. The molecule has 0 radical (unpaired) electrons. The minimum atomic E-state index is -5.59. The van der Waals surface area contributed by atoms with Crippen LogP contribution in [-0.4, -0.2) is 51.7 Å². The lowest BCUT2D eigenvalue weighted by atomic mass is 9.66. The van der Waals surface area contributed by atoms with Gasteiger partial charge >= 0.3 is 12.1 Å². The summed E-state index contributed by atoms with van der Waals surface area (Å²) >= 11 is 0. The number of hydrogen-bond donors (Lipinski definition) is 3. The van der Waals surface area contributed by atoms with E-state index in [1.807, 2.05) is 36.4 Å². The van der Waals surface area contributed by atoms with Crippen LogP contribution in [0.15, 0.2) is 60.7 Å². The molecule has 1 aliphatic rings. The van der Waals surface area contributed by atoms with Crippen molar-refractivity contribution >= 4 is 16.5 Å². The summed E-state index contributed by atoms with van der Waals surface area (Å²) in [5, 5.41) is 23.0. The second-order valence-electron chi connectivity index (χ2n) is 11.9. The van der Waals surface area contributed by atoms with Crippen molar-refractivity contribution in [1.82, 2.24) is 0 Å². The van der Waals surface area contributed by atoms with E-state index in [1.54, 1.807) is 31.3 Å². The number of alkyl halides is 5. The van der Waals surface area contributed by atoms with Crippen LogP contribution < -0.4 is 10.1 Å². The SMILES string of the molecule is CNc1ccc(CCCCC2c3ccc(O)cc3OCC2(C)c2ccc(O)cc2)cc1CCS(=O)CCCC(F)(F)C(F)(F)F. The van der Waals surface area contributed by atoms with Gasteiger partial charge in [-0.3, -0.25) is 4.21 Å². The van der Waals surface area contributed by atoms with Crippen molar-refractivity contribution < 1.29 is 41.1 Å². The lowest BCUT2D eigenvalue weighted by Crippen LogP contribution is -2.40. The summed E-state index contributed by atoms with van der Waals surface area (Å²) in [5.74, 6) is -3.68. The molecule has 0 spiro atoms. The van der Waals surface area contributed by atoms with Gasteiger partial charge in [-0.05, 0) is 78.6 Å². The number of phenols is 2. The standard InChI is InChI=1S/C34H40F5NO4S/c1-32(25-9-11-26(41)12-10-25)22-44-31-21-27(42)13-14-28(31)29(32)7-4-3-6-23-8-15-30(40-2)24(20-23)16-19-45(43)18-5-17-33(35,36)34(37,38)39/h8-15,20-21,29,40-42H,3-7,16-19,22H2,1-2H3. The number of halogens is 5. The molecule has 5 nitrogen and oxygen atoms in total. The molecule has 246 valence electrons. The lowest BCUT2D eigenvalue weighted by molar-refractivity contribution is -0.284. The topological polar surface area (TPSA) is 78.8 Å². The first-order valence-corrected chi connectivity index (χ1v) is 16.6. The molecule has 0 saturated carbocycles. The Morgan fingerprint density at radius 3 is 2.31 bits per heavy atom. The third-order valence-electron chi connectivity index (χ3n) is 8.72. The van der Waals surface area contributed by atoms with E-state index in [0.717, 1.165) is 53.6 Å². The second-order valence-corrected chi connectivity index (χ2v) is 13.6. The molecule has 4 rings (SSSR count). The molecule has 3 aromatic carbocycles. The van der Waals surface area contributed by atoms with Gasteiger partial charge < -0.3 is 20.3 Å². The molecule has 45 heavy (non-hydrogen) atoms. The number of anilines is 1. The van der Waals surface area contributed by atoms with Crippen LogP contribution in [0, 0.1) is 0 Å². The fraction of sp³-hybridized carbons (Fsp3) is 0.471. The fourth-order valence-corrected chi connectivity index (χ4v) is 7.18. The molecule has 3 unspecified atom stereocenters. The zero-order valence-electron chi connectivity index (χ0n) is 25.4. The molecule has 0 bridgehead atoms. The van der Waals surface area contributed by atoms with Gasteiger partial charge in [-0.2, -0.15) is 22.0 Å². The van der Waals surface area contributed by atoms with Gasteiger partial charge in [0.2, 0.25) is 0 Å². The molecule has 3 aromatic rings. The van der Waals surface area contributed by atoms with Gasteiger partial charge in [0.15, 0.2) is 0 Å². The largest absolute Gasteiger partial charge is 0.508 e. The molecular weight excluding hydrogens is 613 g/mol. The second kappa shape index (κ2) is 14.4. The number of benzene rings is 3. The summed E-state index contributed by atoms with van der Waals surface area (Å²) < 4.78 is 82.0. The zero-order valence-corrected chi connectivity index (χ0v) is 26.2. The van der Waals surface area contributed by atoms with Crippen molar-refractivity contribution in [3.63, 3.8) is 0 Å². The van der Waals surface area contributed by atoms with E-state index in [-0.39, 0.29) is 34.3 Å². The van der Waals surface area contributed by atoms with Crippen LogP contribution in [-0.2, 0) is 29.1 Å². The van der Waals surface area contributed by atoms with Crippen molar-refractivity contribution in [1.29, 1.82) is 0 Å². The van der Waals surface area contributed by atoms with Crippen molar-refractivity contribution in [3.05, 3.63) is 82.9 Å². The predicted molar refractivity (Wildman–Crippen MR) is 167 cm³/mol. The monoisotopic (exact) mass is 653 g/mol. The molecule has 0 fully saturated rings. The number of ether oxygens (including phenoxy) is 1. The average molecular weight is 654 g/mol. The summed E-state index contributed by atoms with van der Waals surface area (Å²) in [6.45, 7) is 2.59. The Morgan fingerprint density at radius 2 is 1.62 bits per heavy atom. The molecule has 1 heterocycles. The molecule has 0 aromatic heterocycles. The Labute approximate surface area is 263 Å². The number of phenolic OH excluding ortho intramolecular Hbond substituents is 2. The number of unbranched alkanes of at least 4 members (excludes halogenated alkanes) is 1. The maximum atomic E-state index is 13.2. The Kier molecular flexibility index (Phi) is 11.0. The Bertz CT molecular complexity index is 1460. The first kappa shape index (κ1) is 34.5. The summed E-state index contributed by atoms with van der Waals surface area (Å²) in [5.41, 5.74) is 4.61. The van der Waals surface area contributed by atoms with Crippen LogP contribution in [0.5, 0.6) is 17.2 Å². The first-order chi connectivity index (χ1) is 21.2. The van der Waals surface area contributed by atoms with Crippen LogP contribution >= 0.6 is 0 Å². The highest BCUT2D eigenvalue weighted by Crippen LogP contribution is 2.50. The van der Waals surface area contributed by atoms with Gasteiger partial charge in [0.1, 0.15) is 17.2 Å². The molecule has 1 aliphatic heterocycles. The summed E-state index contributed by atoms with van der Waals surface area (Å²) in [6, 6.07) is 18.5. The lowest BCUT2D eigenvalue weighted by Gasteiger charge is -2.43. The van der Waals surface area contributed by atoms with Crippen LogP contribution in [0.1, 0.15) is 67.2 Å². The van der Waals surface area contributed by atoms with Crippen molar-refractivity contribution in [3.8, 4) is 17.2 Å². The van der Waals surface area contributed by atoms with Crippen LogP contribution in [0.25, 0.3) is 0 Å². The van der Waals surface area contributed by atoms with Crippen LogP contribution in [0.2, 0.25) is 0 Å². The number of hydrogen-bond acceptors (Lipinski definition) is 5. The third-order valence-corrected chi connectivity index (χ3v) is 10.1. The minimum absolute atomic E-state index is 0.111. The summed E-state index contributed by atoms with van der Waals surface area (Å²) in [7, 11) is 0.248. The third kappa shape index (κ3) is 8.48. The van der Waals surface area contributed by atoms with Crippen LogP contribution in [0.4, 0.5) is 27.6 Å². The van der Waals surface area contributed by atoms with E-state index in [4.69, 9.17) is 4.74 Å². The first-order valence-electron chi connectivity index (χ1n) is 15.1. The Morgan fingerprint density at radius 1 is 0.911 bits per heavy atom. The summed E-state index contributed by atoms with van der Waals surface area (Å²) in [4.78, 5) is 0. The highest BCUT2D eigenvalue weighted by molar-refractivity contribution is 7.84. The van der Waals surface area contributed by atoms with Crippen molar-refractivity contribution in [2.24, 2.45) is 0 Å². The van der Waals surface area contributed by atoms with E-state index in [9.17, 15) is 36.4 Å². The maximum Gasteiger partial charge on any atom is 0.453 e. The Hall–Kier alpha value is -3.34. The number of rotatable bonds is 14. The average Bonchev–Trinajstić information content (AvgIpc) is 2.99. The Balaban J connectivity index is 1.36. The van der Waals surface area contributed by atoms with Gasteiger partial charge in [0, 0.05) is 58.9 Å². The molecule has 0 saturated heterocycles. The van der Waals surface area contributed by atoms with Gasteiger partial charge in [-0.1, -0.05) is 43.7 Å². The highest BCUT2D eigenvalue weighted by Gasteiger charge is 2.56. The smallest absolute Gasteiger partial charge is 0.453 e. The van der Waals surface area contributed by atoms with Gasteiger partial charge in [-0.25, -0.2) is 0 Å². The summed E-state index contributed by atoms with van der Waals surface area (Å²) in [6.07, 6.45) is -3.55. The normalized spacial score (nSPS) is 19.0. The molecule has 3 N–H and O–H groups in total. The minimum Gasteiger partial charge on any atom is -0.508 e. The molecular formula is C34H40F5NO4S. The zero-order chi connectivity index (χ0) is 32.8. The van der Waals surface area contributed by atoms with Gasteiger partial charge in [0.05, 0.1) is 6.61 Å². The number of fused-ring (bicyclic) bond motifs is 1. The van der Waals surface area contributed by atoms with E-state index >= 15 is 0 Å². The number of aryl methyl sites for hydroxylation is 2. The number of aromatic hydroxyl groups is 2. The van der Waals surface area contributed by atoms with Gasteiger partial charge in [0.25, 0.3) is 0 Å². The van der Waals surface area contributed by atoms with Crippen molar-refractivity contribution in [2.45, 2.75) is 75.3 Å². The highest BCUT2D eigenvalue weighted by atomic mass is 32.2.